The van der Waals surface area contributed by atoms with Crippen molar-refractivity contribution in [2.45, 2.75) is 74.1 Å². The van der Waals surface area contributed by atoms with Gasteiger partial charge in [-0.15, -0.1) is 11.3 Å². The fourth-order valence-corrected chi connectivity index (χ4v) is 9.11. The lowest BCUT2D eigenvalue weighted by atomic mass is 9.87. The van der Waals surface area contributed by atoms with E-state index in [2.05, 4.69) is 31.9 Å². The summed E-state index contributed by atoms with van der Waals surface area (Å²) < 4.78 is 1.04. The molecule has 0 unspecified atom stereocenters. The Morgan fingerprint density at radius 3 is 1.86 bits per heavy atom. The van der Waals surface area contributed by atoms with Crippen molar-refractivity contribution in [3.63, 3.8) is 0 Å². The Kier molecular flexibility index (Phi) is 13.0. The molecule has 4 aromatic carbocycles. The van der Waals surface area contributed by atoms with Crippen LogP contribution in [0.3, 0.4) is 0 Å². The van der Waals surface area contributed by atoms with E-state index in [4.69, 9.17) is 11.5 Å². The number of nitrogens with two attached hydrogens (primary N) is 2. The second-order valence-electron chi connectivity index (χ2n) is 15.7. The summed E-state index contributed by atoms with van der Waals surface area (Å²) in [5.74, 6) is -2.83. The predicted molar refractivity (Wildman–Crippen MR) is 230 cm³/mol. The van der Waals surface area contributed by atoms with Crippen LogP contribution in [0.4, 0.5) is 0 Å². The monoisotopic (exact) mass is 816 g/mol. The predicted octanol–water partition coefficient (Wildman–Crippen LogP) is 2.34. The van der Waals surface area contributed by atoms with Crippen molar-refractivity contribution in [2.75, 3.05) is 26.2 Å². The fraction of sp³-hybridized carbons (Fsp3) is 0.356. The maximum Gasteiger partial charge on any atom is 0.243 e. The summed E-state index contributed by atoms with van der Waals surface area (Å²) in [4.78, 5) is 70.4. The highest BCUT2D eigenvalue weighted by molar-refractivity contribution is 7.17. The molecule has 2 fully saturated rings. The van der Waals surface area contributed by atoms with Crippen molar-refractivity contribution in [3.05, 3.63) is 119 Å². The number of primary amides is 1. The van der Waals surface area contributed by atoms with Gasteiger partial charge in [-0.2, -0.15) is 0 Å². The van der Waals surface area contributed by atoms with Crippen LogP contribution in [0.5, 0.6) is 0 Å². The van der Waals surface area contributed by atoms with Crippen molar-refractivity contribution in [2.24, 2.45) is 11.5 Å². The van der Waals surface area contributed by atoms with E-state index in [9.17, 15) is 24.0 Å². The third-order valence-corrected chi connectivity index (χ3v) is 12.7. The Balaban J connectivity index is 1.21. The average molecular weight is 817 g/mol. The Hall–Kier alpha value is -5.67. The van der Waals surface area contributed by atoms with Crippen LogP contribution in [0.1, 0.15) is 42.4 Å². The lowest BCUT2D eigenvalue weighted by molar-refractivity contribution is -0.136. The maximum atomic E-state index is 14.7. The number of hydrogen-bond donors (Lipinski definition) is 8. The van der Waals surface area contributed by atoms with Crippen LogP contribution in [0.25, 0.3) is 20.9 Å². The van der Waals surface area contributed by atoms with E-state index in [0.29, 0.717) is 51.9 Å². The molecule has 5 aromatic rings. The van der Waals surface area contributed by atoms with Crippen LogP contribution in [-0.2, 0) is 43.2 Å². The molecule has 10 N–H and O–H groups in total. The van der Waals surface area contributed by atoms with Gasteiger partial charge in [0.1, 0.15) is 23.7 Å². The number of thiophene rings is 1. The van der Waals surface area contributed by atoms with Crippen molar-refractivity contribution in [1.82, 2.24) is 31.9 Å². The van der Waals surface area contributed by atoms with E-state index in [1.807, 2.05) is 102 Å². The molecule has 308 valence electrons. The third kappa shape index (κ3) is 9.80. The van der Waals surface area contributed by atoms with Gasteiger partial charge in [-0.05, 0) is 96.2 Å². The Morgan fingerprint density at radius 1 is 0.610 bits per heavy atom. The number of hydrogen-bond acceptors (Lipinski definition) is 9. The van der Waals surface area contributed by atoms with Crippen LogP contribution in [-0.4, -0.2) is 84.9 Å². The first kappa shape index (κ1) is 41.5. The standard InChI is InChI=1S/C45H52N8O5S/c46-42(57)45(19-23-49-24-20-45)53-41(56)35(25-29-9-2-1-3-10-29)50-39(54)36(26-31-13-8-12-30-11-4-5-14-33(30)31)51-40(55)37(52-43(58)44(47)17-21-48-22-18-44)27-32-28-59-38-16-7-6-15-34(32)38/h1-16,28,35-37,48-49H,17-27,47H2,(H2,46,57)(H,50,54)(H,51,55)(H,52,58)(H,53,56)/t35-,36+,37+/m0/s1. The van der Waals surface area contributed by atoms with E-state index >= 15 is 0 Å². The molecule has 5 amide bonds. The zero-order valence-electron chi connectivity index (χ0n) is 32.9. The number of fused-ring (bicyclic) bond motifs is 2. The van der Waals surface area contributed by atoms with Crippen molar-refractivity contribution in [3.8, 4) is 0 Å². The zero-order chi connectivity index (χ0) is 41.4. The van der Waals surface area contributed by atoms with Gasteiger partial charge in [-0.25, -0.2) is 0 Å². The molecular formula is C45H52N8O5S. The number of nitrogens with one attached hydrogen (secondary N) is 6. The number of rotatable bonds is 15. The molecular weight excluding hydrogens is 765 g/mol. The fourth-order valence-electron chi connectivity index (χ4n) is 8.13. The minimum Gasteiger partial charge on any atom is -0.368 e. The minimum atomic E-state index is -1.29. The second-order valence-corrected chi connectivity index (χ2v) is 16.6. The molecule has 2 saturated heterocycles. The van der Waals surface area contributed by atoms with E-state index in [1.54, 1.807) is 11.3 Å². The van der Waals surface area contributed by atoms with Crippen LogP contribution < -0.4 is 43.4 Å². The quantitative estimate of drug-likeness (QED) is 0.0785. The van der Waals surface area contributed by atoms with Crippen molar-refractivity contribution in [1.29, 1.82) is 0 Å². The number of benzene rings is 4. The molecule has 0 bridgehead atoms. The molecule has 14 heteroatoms. The molecule has 59 heavy (non-hydrogen) atoms. The molecule has 0 aliphatic carbocycles. The van der Waals surface area contributed by atoms with Gasteiger partial charge < -0.3 is 43.4 Å². The third-order valence-electron chi connectivity index (χ3n) is 11.7. The smallest absolute Gasteiger partial charge is 0.243 e. The summed E-state index contributed by atoms with van der Waals surface area (Å²) in [5.41, 5.74) is 12.5. The lowest BCUT2D eigenvalue weighted by Crippen LogP contribution is -2.65. The summed E-state index contributed by atoms with van der Waals surface area (Å²) in [6, 6.07) is 27.3. The first-order valence-corrected chi connectivity index (χ1v) is 21.1. The summed E-state index contributed by atoms with van der Waals surface area (Å²) in [7, 11) is 0. The van der Waals surface area contributed by atoms with Gasteiger partial charge in [0, 0.05) is 24.0 Å². The summed E-state index contributed by atoms with van der Waals surface area (Å²) in [6.45, 7) is 2.11. The highest BCUT2D eigenvalue weighted by Crippen LogP contribution is 2.27. The van der Waals surface area contributed by atoms with Crippen molar-refractivity contribution < 1.29 is 24.0 Å². The van der Waals surface area contributed by atoms with Gasteiger partial charge in [-0.1, -0.05) is 91.0 Å². The van der Waals surface area contributed by atoms with E-state index in [1.165, 1.54) is 0 Å². The topological polar surface area (TPSA) is 210 Å². The van der Waals surface area contributed by atoms with E-state index in [0.717, 1.165) is 37.5 Å². The molecule has 1 aromatic heterocycles. The van der Waals surface area contributed by atoms with Crippen LogP contribution in [0.2, 0.25) is 0 Å². The first-order chi connectivity index (χ1) is 28.5. The number of amides is 5. The normalized spacial score (nSPS) is 17.6. The van der Waals surface area contributed by atoms with Gasteiger partial charge in [0.2, 0.25) is 29.5 Å². The molecule has 2 aliphatic heterocycles. The SMILES string of the molecule is NC(=O)C1(NC(=O)[C@H](Cc2ccccc2)NC(=O)[C@@H](Cc2cccc3ccccc23)NC(=O)[C@@H](Cc2csc3ccccc23)NC(=O)C2(N)CCNCC2)CCNCC1. The lowest BCUT2D eigenvalue weighted by Gasteiger charge is -2.37. The number of carbonyl (C=O) groups is 5. The molecule has 0 spiro atoms. The Labute approximate surface area is 347 Å². The first-order valence-electron chi connectivity index (χ1n) is 20.2. The Morgan fingerprint density at radius 2 is 1.17 bits per heavy atom. The zero-order valence-corrected chi connectivity index (χ0v) is 33.7. The van der Waals surface area contributed by atoms with Gasteiger partial charge in [0.15, 0.2) is 0 Å². The van der Waals surface area contributed by atoms with E-state index < -0.39 is 58.7 Å². The van der Waals surface area contributed by atoms with Gasteiger partial charge in [-0.3, -0.25) is 24.0 Å². The van der Waals surface area contributed by atoms with Crippen molar-refractivity contribution >= 4 is 61.7 Å². The van der Waals surface area contributed by atoms with Crippen LogP contribution in [0, 0.1) is 0 Å². The van der Waals surface area contributed by atoms with Crippen LogP contribution in [0.15, 0.2) is 102 Å². The van der Waals surface area contributed by atoms with E-state index in [-0.39, 0.29) is 19.3 Å². The van der Waals surface area contributed by atoms with Crippen LogP contribution >= 0.6 is 11.3 Å². The molecule has 7 rings (SSSR count). The molecule has 13 nitrogen and oxygen atoms in total. The molecule has 0 saturated carbocycles. The molecule has 3 heterocycles. The highest BCUT2D eigenvalue weighted by atomic mass is 32.1. The van der Waals surface area contributed by atoms with Gasteiger partial charge in [0.05, 0.1) is 5.54 Å². The summed E-state index contributed by atoms with van der Waals surface area (Å²) in [5, 5.41) is 23.1. The summed E-state index contributed by atoms with van der Waals surface area (Å²) in [6.07, 6.45) is 1.74. The Bertz CT molecular complexity index is 2300. The minimum absolute atomic E-state index is 0.0735. The van der Waals surface area contributed by atoms with Gasteiger partial charge >= 0.3 is 0 Å². The van der Waals surface area contributed by atoms with Gasteiger partial charge in [0.25, 0.3) is 0 Å². The second kappa shape index (κ2) is 18.5. The summed E-state index contributed by atoms with van der Waals surface area (Å²) >= 11 is 1.55. The molecule has 0 radical (unpaired) electrons. The largest absolute Gasteiger partial charge is 0.368 e. The molecule has 2 aliphatic rings. The number of carbonyl (C=O) groups excluding carboxylic acids is 5. The maximum absolute atomic E-state index is 14.7. The average Bonchev–Trinajstić information content (AvgIpc) is 3.66. The number of piperidine rings is 2. The highest BCUT2D eigenvalue weighted by Gasteiger charge is 2.42. The molecule has 3 atom stereocenters.